The van der Waals surface area contributed by atoms with Gasteiger partial charge in [0.05, 0.1) is 11.6 Å². The van der Waals surface area contributed by atoms with E-state index in [4.69, 9.17) is 4.74 Å². The van der Waals surface area contributed by atoms with E-state index >= 15 is 0 Å². The highest BCUT2D eigenvalue weighted by Gasteiger charge is 2.20. The van der Waals surface area contributed by atoms with Crippen LogP contribution in [-0.2, 0) is 9.53 Å². The highest BCUT2D eigenvalue weighted by molar-refractivity contribution is 7.10. The number of halogens is 1. The second-order valence-electron chi connectivity index (χ2n) is 6.39. The van der Waals surface area contributed by atoms with E-state index in [-0.39, 0.29) is 5.82 Å². The van der Waals surface area contributed by atoms with Crippen LogP contribution in [0.3, 0.4) is 0 Å². The fraction of sp³-hybridized carbons (Fsp3) is 0.182. The van der Waals surface area contributed by atoms with E-state index in [1.54, 1.807) is 24.3 Å². The van der Waals surface area contributed by atoms with Crippen molar-refractivity contribution in [3.05, 3.63) is 92.9 Å². The van der Waals surface area contributed by atoms with Crippen molar-refractivity contribution in [3.8, 4) is 0 Å². The van der Waals surface area contributed by atoms with Gasteiger partial charge in [-0.25, -0.2) is 9.18 Å². The lowest BCUT2D eigenvalue weighted by Crippen LogP contribution is -2.32. The normalized spacial score (nSPS) is 11.7. The van der Waals surface area contributed by atoms with Crippen LogP contribution < -0.4 is 5.32 Å². The van der Waals surface area contributed by atoms with Crippen molar-refractivity contribution in [2.24, 2.45) is 0 Å². The van der Waals surface area contributed by atoms with Gasteiger partial charge in [-0.15, -0.1) is 11.3 Å². The molecule has 28 heavy (non-hydrogen) atoms. The number of esters is 1. The highest BCUT2D eigenvalue weighted by Crippen LogP contribution is 2.26. The smallest absolute Gasteiger partial charge is 0.338 e. The maximum atomic E-state index is 13.2. The SMILES string of the molecule is Cc1cccc(C(=O)OCC(=O)N[C@@H](c2ccc(F)cc2)c2cccs2)c1C. The van der Waals surface area contributed by atoms with Gasteiger partial charge in [0.2, 0.25) is 0 Å². The van der Waals surface area contributed by atoms with Crippen LogP contribution in [0.1, 0.15) is 38.0 Å². The zero-order valence-corrected chi connectivity index (χ0v) is 16.4. The van der Waals surface area contributed by atoms with Gasteiger partial charge < -0.3 is 10.1 Å². The molecule has 0 spiro atoms. The Bertz CT molecular complexity index is 968. The minimum absolute atomic E-state index is 0.345. The molecule has 0 unspecified atom stereocenters. The predicted octanol–water partition coefficient (Wildman–Crippen LogP) is 4.57. The van der Waals surface area contributed by atoms with Crippen molar-refractivity contribution in [3.63, 3.8) is 0 Å². The number of hydrogen-bond donors (Lipinski definition) is 1. The van der Waals surface area contributed by atoms with E-state index in [1.165, 1.54) is 23.5 Å². The van der Waals surface area contributed by atoms with Crippen LogP contribution in [0, 0.1) is 19.7 Å². The van der Waals surface area contributed by atoms with Crippen molar-refractivity contribution in [1.29, 1.82) is 0 Å². The Labute approximate surface area is 167 Å². The molecule has 1 aromatic heterocycles. The summed E-state index contributed by atoms with van der Waals surface area (Å²) >= 11 is 1.48. The molecule has 1 amide bonds. The van der Waals surface area contributed by atoms with E-state index < -0.39 is 24.5 Å². The van der Waals surface area contributed by atoms with Gasteiger partial charge >= 0.3 is 5.97 Å². The molecule has 1 atom stereocenters. The third-order valence-electron chi connectivity index (χ3n) is 4.50. The van der Waals surface area contributed by atoms with E-state index in [1.807, 2.05) is 37.4 Å². The van der Waals surface area contributed by atoms with Crippen molar-refractivity contribution in [2.75, 3.05) is 6.61 Å². The number of nitrogens with one attached hydrogen (secondary N) is 1. The maximum Gasteiger partial charge on any atom is 0.338 e. The fourth-order valence-corrected chi connectivity index (χ4v) is 3.62. The Kier molecular flexibility index (Phi) is 6.21. The largest absolute Gasteiger partial charge is 0.452 e. The molecule has 0 aliphatic rings. The zero-order valence-electron chi connectivity index (χ0n) is 15.6. The lowest BCUT2D eigenvalue weighted by atomic mass is 10.0. The number of carbonyl (C=O) groups is 2. The number of benzene rings is 2. The van der Waals surface area contributed by atoms with Crippen molar-refractivity contribution in [1.82, 2.24) is 5.32 Å². The van der Waals surface area contributed by atoms with E-state index in [9.17, 15) is 14.0 Å². The van der Waals surface area contributed by atoms with Crippen molar-refractivity contribution >= 4 is 23.2 Å². The second-order valence-corrected chi connectivity index (χ2v) is 7.37. The molecule has 2 aromatic carbocycles. The Balaban J connectivity index is 1.68. The van der Waals surface area contributed by atoms with Gasteiger partial charge in [-0.3, -0.25) is 4.79 Å². The highest BCUT2D eigenvalue weighted by atomic mass is 32.1. The van der Waals surface area contributed by atoms with Crippen LogP contribution in [-0.4, -0.2) is 18.5 Å². The van der Waals surface area contributed by atoms with Crippen LogP contribution in [0.25, 0.3) is 0 Å². The molecule has 0 fully saturated rings. The Morgan fingerprint density at radius 2 is 1.82 bits per heavy atom. The summed E-state index contributed by atoms with van der Waals surface area (Å²) in [4.78, 5) is 25.6. The summed E-state index contributed by atoms with van der Waals surface area (Å²) in [7, 11) is 0. The molecule has 1 heterocycles. The minimum Gasteiger partial charge on any atom is -0.452 e. The molecule has 1 N–H and O–H groups in total. The second kappa shape index (κ2) is 8.80. The maximum absolute atomic E-state index is 13.2. The number of ether oxygens (including phenoxy) is 1. The van der Waals surface area contributed by atoms with E-state index in [0.717, 1.165) is 21.6 Å². The van der Waals surface area contributed by atoms with Crippen LogP contribution >= 0.6 is 11.3 Å². The molecule has 4 nitrogen and oxygen atoms in total. The summed E-state index contributed by atoms with van der Waals surface area (Å²) in [5, 5.41) is 4.76. The topological polar surface area (TPSA) is 55.4 Å². The number of carbonyl (C=O) groups excluding carboxylic acids is 2. The Hall–Kier alpha value is -2.99. The summed E-state index contributed by atoms with van der Waals surface area (Å²) in [6, 6.07) is 14.6. The first-order chi connectivity index (χ1) is 13.5. The quantitative estimate of drug-likeness (QED) is 0.620. The third kappa shape index (κ3) is 4.64. The van der Waals surface area contributed by atoms with Crippen LogP contribution in [0.2, 0.25) is 0 Å². The number of rotatable bonds is 6. The van der Waals surface area contributed by atoms with E-state index in [0.29, 0.717) is 5.56 Å². The summed E-state index contributed by atoms with van der Waals surface area (Å²) in [6.07, 6.45) is 0. The molecule has 0 bridgehead atoms. The minimum atomic E-state index is -0.536. The average Bonchev–Trinajstić information content (AvgIpc) is 3.21. The molecule has 0 aliphatic carbocycles. The Morgan fingerprint density at radius 1 is 1.07 bits per heavy atom. The fourth-order valence-electron chi connectivity index (χ4n) is 2.81. The zero-order chi connectivity index (χ0) is 20.1. The van der Waals surface area contributed by atoms with Crippen LogP contribution in [0.15, 0.2) is 60.0 Å². The first kappa shape index (κ1) is 19.8. The molecule has 3 aromatic rings. The monoisotopic (exact) mass is 397 g/mol. The summed E-state index contributed by atoms with van der Waals surface area (Å²) < 4.78 is 18.4. The molecule has 0 radical (unpaired) electrons. The molecule has 0 saturated carbocycles. The van der Waals surface area contributed by atoms with Gasteiger partial charge in [0.1, 0.15) is 5.82 Å². The number of amides is 1. The summed E-state index contributed by atoms with van der Waals surface area (Å²) in [6.45, 7) is 3.36. The first-order valence-corrected chi connectivity index (χ1v) is 9.65. The van der Waals surface area contributed by atoms with Gasteiger partial charge in [0, 0.05) is 4.88 Å². The molecule has 0 aliphatic heterocycles. The molecular weight excluding hydrogens is 377 g/mol. The molecule has 144 valence electrons. The van der Waals surface area contributed by atoms with Crippen LogP contribution in [0.4, 0.5) is 4.39 Å². The lowest BCUT2D eigenvalue weighted by molar-refractivity contribution is -0.124. The van der Waals surface area contributed by atoms with Crippen molar-refractivity contribution < 1.29 is 18.7 Å². The number of hydrogen-bond acceptors (Lipinski definition) is 4. The van der Waals surface area contributed by atoms with Crippen molar-refractivity contribution in [2.45, 2.75) is 19.9 Å². The summed E-state index contributed by atoms with van der Waals surface area (Å²) in [5.74, 6) is -1.31. The number of aryl methyl sites for hydroxylation is 1. The van der Waals surface area contributed by atoms with Gasteiger partial charge in [-0.05, 0) is 60.2 Å². The standard InChI is InChI=1S/C22H20FNO3S/c1-14-5-3-6-18(15(14)2)22(26)27-13-20(25)24-21(19-7-4-12-28-19)16-8-10-17(23)11-9-16/h3-12,21H,13H2,1-2H3,(H,24,25)/t21-/m0/s1. The molecule has 6 heteroatoms. The molecular formula is C22H20FNO3S. The summed E-state index contributed by atoms with van der Waals surface area (Å²) in [5.41, 5.74) is 3.00. The number of thiophene rings is 1. The third-order valence-corrected chi connectivity index (χ3v) is 5.43. The first-order valence-electron chi connectivity index (χ1n) is 8.77. The van der Waals surface area contributed by atoms with Crippen LogP contribution in [0.5, 0.6) is 0 Å². The van der Waals surface area contributed by atoms with Gasteiger partial charge in [-0.2, -0.15) is 0 Å². The van der Waals surface area contributed by atoms with Gasteiger partial charge in [0.25, 0.3) is 5.91 Å². The van der Waals surface area contributed by atoms with Gasteiger partial charge in [-0.1, -0.05) is 30.3 Å². The average molecular weight is 397 g/mol. The predicted molar refractivity (Wildman–Crippen MR) is 107 cm³/mol. The molecule has 3 rings (SSSR count). The van der Waals surface area contributed by atoms with E-state index in [2.05, 4.69) is 5.32 Å². The molecule has 0 saturated heterocycles. The Morgan fingerprint density at radius 3 is 2.50 bits per heavy atom. The van der Waals surface area contributed by atoms with Gasteiger partial charge in [0.15, 0.2) is 6.61 Å². The lowest BCUT2D eigenvalue weighted by Gasteiger charge is -2.18.